The first-order valence-electron chi connectivity index (χ1n) is 7.17. The summed E-state index contributed by atoms with van der Waals surface area (Å²) in [5, 5.41) is 6.12. The van der Waals surface area contributed by atoms with E-state index in [0.717, 1.165) is 25.9 Å². The van der Waals surface area contributed by atoms with Crippen LogP contribution in [0, 0.1) is 0 Å². The number of carbonyl (C=O) groups excluding carboxylic acids is 1. The zero-order chi connectivity index (χ0) is 14.5. The van der Waals surface area contributed by atoms with Crippen molar-refractivity contribution >= 4 is 11.7 Å². The van der Waals surface area contributed by atoms with Gasteiger partial charge >= 0.3 is 0 Å². The molecule has 2 heterocycles. The molecule has 6 heteroatoms. The minimum absolute atomic E-state index is 0.140. The third kappa shape index (κ3) is 3.66. The molecule has 1 saturated heterocycles. The monoisotopic (exact) mass is 277 g/mol. The van der Waals surface area contributed by atoms with E-state index in [1.165, 1.54) is 6.20 Å². The molecule has 6 nitrogen and oxygen atoms in total. The van der Waals surface area contributed by atoms with Gasteiger partial charge in [-0.25, -0.2) is 4.98 Å². The van der Waals surface area contributed by atoms with Crippen molar-refractivity contribution < 1.29 is 4.79 Å². The molecule has 110 valence electrons. The number of nitrogens with zero attached hydrogens (tertiary/aromatic N) is 3. The van der Waals surface area contributed by atoms with Crippen molar-refractivity contribution in [3.63, 3.8) is 0 Å². The van der Waals surface area contributed by atoms with Gasteiger partial charge in [-0.1, -0.05) is 0 Å². The van der Waals surface area contributed by atoms with Gasteiger partial charge in [-0.05, 0) is 33.7 Å². The van der Waals surface area contributed by atoms with Gasteiger partial charge in [-0.2, -0.15) is 0 Å². The molecule has 2 rings (SSSR count). The van der Waals surface area contributed by atoms with Gasteiger partial charge in [0.1, 0.15) is 11.5 Å². The second kappa shape index (κ2) is 6.65. The lowest BCUT2D eigenvalue weighted by Gasteiger charge is -2.35. The SMILES string of the molecule is CCNc1cncc(C(=O)NC2CCN(C)C(C)C2)n1. The van der Waals surface area contributed by atoms with E-state index in [-0.39, 0.29) is 11.9 Å². The fourth-order valence-electron chi connectivity index (χ4n) is 2.42. The van der Waals surface area contributed by atoms with Crippen LogP contribution in [0.15, 0.2) is 12.4 Å². The zero-order valence-electron chi connectivity index (χ0n) is 12.4. The van der Waals surface area contributed by atoms with E-state index >= 15 is 0 Å². The van der Waals surface area contributed by atoms with Crippen LogP contribution in [0.1, 0.15) is 37.2 Å². The van der Waals surface area contributed by atoms with Gasteiger partial charge in [-0.15, -0.1) is 0 Å². The number of hydrogen-bond acceptors (Lipinski definition) is 5. The summed E-state index contributed by atoms with van der Waals surface area (Å²) < 4.78 is 0. The van der Waals surface area contributed by atoms with E-state index in [1.807, 2.05) is 6.92 Å². The van der Waals surface area contributed by atoms with Crippen LogP contribution < -0.4 is 10.6 Å². The highest BCUT2D eigenvalue weighted by Gasteiger charge is 2.24. The third-order valence-corrected chi connectivity index (χ3v) is 3.77. The molecule has 1 aliphatic heterocycles. The minimum atomic E-state index is -0.140. The smallest absolute Gasteiger partial charge is 0.271 e. The van der Waals surface area contributed by atoms with Crippen molar-refractivity contribution in [2.24, 2.45) is 0 Å². The largest absolute Gasteiger partial charge is 0.369 e. The number of nitrogens with one attached hydrogen (secondary N) is 2. The van der Waals surface area contributed by atoms with Crippen molar-refractivity contribution in [2.45, 2.75) is 38.8 Å². The summed E-state index contributed by atoms with van der Waals surface area (Å²) in [6.07, 6.45) is 5.09. The molecule has 2 unspecified atom stereocenters. The Hall–Kier alpha value is -1.69. The van der Waals surface area contributed by atoms with Gasteiger partial charge in [0.2, 0.25) is 0 Å². The third-order valence-electron chi connectivity index (χ3n) is 3.77. The summed E-state index contributed by atoms with van der Waals surface area (Å²) in [5.41, 5.74) is 0.370. The second-order valence-electron chi connectivity index (χ2n) is 5.34. The van der Waals surface area contributed by atoms with Crippen LogP contribution in [0.3, 0.4) is 0 Å². The molecule has 1 fully saturated rings. The Labute approximate surface area is 120 Å². The quantitative estimate of drug-likeness (QED) is 0.863. The van der Waals surface area contributed by atoms with Gasteiger partial charge in [0, 0.05) is 25.2 Å². The molecule has 20 heavy (non-hydrogen) atoms. The molecule has 0 radical (unpaired) electrons. The van der Waals surface area contributed by atoms with Crippen molar-refractivity contribution in [1.82, 2.24) is 20.2 Å². The van der Waals surface area contributed by atoms with Crippen LogP contribution in [-0.4, -0.2) is 53.0 Å². The van der Waals surface area contributed by atoms with Crippen LogP contribution in [0.5, 0.6) is 0 Å². The Morgan fingerprint density at radius 3 is 3.00 bits per heavy atom. The summed E-state index contributed by atoms with van der Waals surface area (Å²) in [6, 6.07) is 0.714. The van der Waals surface area contributed by atoms with E-state index in [2.05, 4.69) is 39.5 Å². The van der Waals surface area contributed by atoms with E-state index in [0.29, 0.717) is 17.6 Å². The van der Waals surface area contributed by atoms with E-state index in [1.54, 1.807) is 6.20 Å². The molecule has 1 aliphatic rings. The molecule has 1 aromatic heterocycles. The van der Waals surface area contributed by atoms with Gasteiger partial charge in [0.25, 0.3) is 5.91 Å². The number of piperidine rings is 1. The van der Waals surface area contributed by atoms with E-state index < -0.39 is 0 Å². The van der Waals surface area contributed by atoms with Gasteiger partial charge in [-0.3, -0.25) is 9.78 Å². The average molecular weight is 277 g/mol. The van der Waals surface area contributed by atoms with E-state index in [4.69, 9.17) is 0 Å². The number of likely N-dealkylation sites (tertiary alicyclic amines) is 1. The number of carbonyl (C=O) groups is 1. The molecule has 0 bridgehead atoms. The van der Waals surface area contributed by atoms with Crippen molar-refractivity contribution in [1.29, 1.82) is 0 Å². The van der Waals surface area contributed by atoms with Gasteiger partial charge in [0.15, 0.2) is 0 Å². The lowest BCUT2D eigenvalue weighted by atomic mass is 9.99. The van der Waals surface area contributed by atoms with Crippen LogP contribution in [0.25, 0.3) is 0 Å². The maximum atomic E-state index is 12.2. The summed E-state index contributed by atoms with van der Waals surface area (Å²) in [4.78, 5) is 22.8. The van der Waals surface area contributed by atoms with Gasteiger partial charge in [0.05, 0.1) is 12.4 Å². The minimum Gasteiger partial charge on any atom is -0.369 e. The molecule has 1 amide bonds. The van der Waals surface area contributed by atoms with Crippen LogP contribution in [-0.2, 0) is 0 Å². The molecular weight excluding hydrogens is 254 g/mol. The van der Waals surface area contributed by atoms with Crippen LogP contribution in [0.2, 0.25) is 0 Å². The first-order chi connectivity index (χ1) is 9.60. The maximum Gasteiger partial charge on any atom is 0.271 e. The lowest BCUT2D eigenvalue weighted by Crippen LogP contribution is -2.47. The van der Waals surface area contributed by atoms with Crippen molar-refractivity contribution in [3.05, 3.63) is 18.1 Å². The fourth-order valence-corrected chi connectivity index (χ4v) is 2.42. The molecular formula is C14H23N5O. The number of anilines is 1. The number of amides is 1. The molecule has 0 saturated carbocycles. The zero-order valence-corrected chi connectivity index (χ0v) is 12.4. The topological polar surface area (TPSA) is 70.2 Å². The summed E-state index contributed by atoms with van der Waals surface area (Å²) >= 11 is 0. The number of rotatable bonds is 4. The number of hydrogen-bond donors (Lipinski definition) is 2. The molecule has 0 aliphatic carbocycles. The maximum absolute atomic E-state index is 12.2. The first-order valence-corrected chi connectivity index (χ1v) is 7.17. The number of aromatic nitrogens is 2. The Balaban J connectivity index is 1.96. The highest BCUT2D eigenvalue weighted by atomic mass is 16.1. The van der Waals surface area contributed by atoms with E-state index in [9.17, 15) is 4.79 Å². The van der Waals surface area contributed by atoms with Crippen molar-refractivity contribution in [2.75, 3.05) is 25.5 Å². The Bertz CT molecular complexity index is 465. The normalized spacial score (nSPS) is 23.4. The standard InChI is InChI=1S/C14H23N5O/c1-4-16-13-9-15-8-12(18-13)14(20)17-11-5-6-19(3)10(2)7-11/h8-11H,4-7H2,1-3H3,(H,16,18)(H,17,20). The average Bonchev–Trinajstić information content (AvgIpc) is 2.43. The summed E-state index contributed by atoms with van der Waals surface area (Å²) in [6.45, 7) is 5.93. The molecule has 1 aromatic rings. The highest BCUT2D eigenvalue weighted by molar-refractivity contribution is 5.92. The Morgan fingerprint density at radius 1 is 1.50 bits per heavy atom. The highest BCUT2D eigenvalue weighted by Crippen LogP contribution is 2.15. The fraction of sp³-hybridized carbons (Fsp3) is 0.643. The van der Waals surface area contributed by atoms with Crippen LogP contribution >= 0.6 is 0 Å². The predicted molar refractivity (Wildman–Crippen MR) is 78.8 cm³/mol. The first kappa shape index (κ1) is 14.7. The molecule has 0 spiro atoms. The van der Waals surface area contributed by atoms with Crippen LogP contribution in [0.4, 0.5) is 5.82 Å². The molecule has 2 atom stereocenters. The summed E-state index contributed by atoms with van der Waals surface area (Å²) in [5.74, 6) is 0.496. The summed E-state index contributed by atoms with van der Waals surface area (Å²) in [7, 11) is 2.12. The molecule has 0 aromatic carbocycles. The second-order valence-corrected chi connectivity index (χ2v) is 5.34. The predicted octanol–water partition coefficient (Wildman–Crippen LogP) is 1.12. The van der Waals surface area contributed by atoms with Crippen molar-refractivity contribution in [3.8, 4) is 0 Å². The Kier molecular flexibility index (Phi) is 4.89. The Morgan fingerprint density at radius 2 is 2.30 bits per heavy atom. The van der Waals surface area contributed by atoms with Gasteiger partial charge < -0.3 is 15.5 Å². The molecule has 2 N–H and O–H groups in total. The lowest BCUT2D eigenvalue weighted by molar-refractivity contribution is 0.0891.